The quantitative estimate of drug-likeness (QED) is 0.805. The van der Waals surface area contributed by atoms with Gasteiger partial charge in [0.05, 0.1) is 11.2 Å². The van der Waals surface area contributed by atoms with Crippen molar-refractivity contribution in [2.45, 2.75) is 64.0 Å². The largest absolute Gasteiger partial charge is 0.367 e. The molecule has 9 heteroatoms. The summed E-state index contributed by atoms with van der Waals surface area (Å²) in [4.78, 5) is 18.6. The van der Waals surface area contributed by atoms with Gasteiger partial charge in [0.1, 0.15) is 17.6 Å². The Bertz CT molecular complexity index is 861. The Kier molecular flexibility index (Phi) is 5.35. The fourth-order valence-corrected chi connectivity index (χ4v) is 4.78. The molecular weight excluding hydrogens is 396 g/mol. The highest BCUT2D eigenvalue weighted by molar-refractivity contribution is 7.07. The number of anilines is 1. The number of amides is 1. The van der Waals surface area contributed by atoms with Gasteiger partial charge in [-0.2, -0.15) is 5.10 Å². The van der Waals surface area contributed by atoms with Crippen LogP contribution in [-0.4, -0.2) is 51.1 Å². The number of nitrogens with one attached hydrogen (secondary N) is 1. The molecule has 2 aliphatic heterocycles. The Morgan fingerprint density at radius 3 is 2.83 bits per heavy atom. The molecule has 1 amide bonds. The minimum absolute atomic E-state index is 0.0720. The Morgan fingerprint density at radius 1 is 1.38 bits per heavy atom. The second kappa shape index (κ2) is 7.66. The standard InChI is InChI=1S/C20H27F2N5OS/c1-20(2,3)16-8-17-24-13(7-15(18(21)22)27(17)25-16)12-5-4-6-26(9-12)19(28)14-10-29-11-23-14/h8,10-13,15,18,24H,4-7,9H2,1-3H3/t12?,13-,15+/m0/s1. The molecule has 3 atom stereocenters. The van der Waals surface area contributed by atoms with Crippen molar-refractivity contribution < 1.29 is 13.6 Å². The van der Waals surface area contributed by atoms with E-state index in [2.05, 4.69) is 15.4 Å². The number of likely N-dealkylation sites (tertiary alicyclic amines) is 1. The van der Waals surface area contributed by atoms with Gasteiger partial charge < -0.3 is 10.2 Å². The van der Waals surface area contributed by atoms with E-state index >= 15 is 0 Å². The predicted molar refractivity (Wildman–Crippen MR) is 109 cm³/mol. The summed E-state index contributed by atoms with van der Waals surface area (Å²) in [5, 5.41) is 9.69. The average molecular weight is 424 g/mol. The highest BCUT2D eigenvalue weighted by Gasteiger charge is 2.39. The molecular formula is C20H27F2N5OS. The van der Waals surface area contributed by atoms with Gasteiger partial charge in [0.2, 0.25) is 0 Å². The minimum Gasteiger partial charge on any atom is -0.367 e. The van der Waals surface area contributed by atoms with Crippen LogP contribution < -0.4 is 5.32 Å². The van der Waals surface area contributed by atoms with Gasteiger partial charge in [-0.3, -0.25) is 4.79 Å². The lowest BCUT2D eigenvalue weighted by Gasteiger charge is -2.41. The minimum atomic E-state index is -2.48. The van der Waals surface area contributed by atoms with Gasteiger partial charge in [0.25, 0.3) is 12.3 Å². The average Bonchev–Trinajstić information content (AvgIpc) is 3.36. The van der Waals surface area contributed by atoms with E-state index in [0.29, 0.717) is 31.0 Å². The molecule has 1 saturated heterocycles. The van der Waals surface area contributed by atoms with E-state index < -0.39 is 12.5 Å². The van der Waals surface area contributed by atoms with Crippen molar-refractivity contribution in [3.05, 3.63) is 28.3 Å². The molecule has 6 nitrogen and oxygen atoms in total. The van der Waals surface area contributed by atoms with Crippen LogP contribution in [0.1, 0.15) is 62.3 Å². The van der Waals surface area contributed by atoms with Gasteiger partial charge in [-0.05, 0) is 25.2 Å². The molecule has 0 aliphatic carbocycles. The Hall–Kier alpha value is -2.03. The Morgan fingerprint density at radius 2 is 2.17 bits per heavy atom. The molecule has 0 aromatic carbocycles. The van der Waals surface area contributed by atoms with Crippen molar-refractivity contribution in [2.75, 3.05) is 18.4 Å². The molecule has 1 unspecified atom stereocenters. The Labute approximate surface area is 173 Å². The summed E-state index contributed by atoms with van der Waals surface area (Å²) in [6.45, 7) is 7.33. The first kappa shape index (κ1) is 20.3. The maximum Gasteiger partial charge on any atom is 0.273 e. The van der Waals surface area contributed by atoms with Crippen molar-refractivity contribution in [1.82, 2.24) is 19.7 Å². The molecule has 4 heterocycles. The number of rotatable bonds is 3. The van der Waals surface area contributed by atoms with E-state index in [1.54, 1.807) is 10.9 Å². The van der Waals surface area contributed by atoms with Crippen LogP contribution in [0.25, 0.3) is 0 Å². The lowest BCUT2D eigenvalue weighted by molar-refractivity contribution is 0.0502. The van der Waals surface area contributed by atoms with Crippen LogP contribution >= 0.6 is 11.3 Å². The molecule has 1 N–H and O–H groups in total. The van der Waals surface area contributed by atoms with Crippen LogP contribution in [0, 0.1) is 5.92 Å². The number of piperidine rings is 1. The van der Waals surface area contributed by atoms with Crippen LogP contribution in [0.4, 0.5) is 14.6 Å². The maximum absolute atomic E-state index is 13.9. The monoisotopic (exact) mass is 423 g/mol. The summed E-state index contributed by atoms with van der Waals surface area (Å²) >= 11 is 1.40. The van der Waals surface area contributed by atoms with Crippen LogP contribution in [0.15, 0.2) is 17.0 Å². The van der Waals surface area contributed by atoms with E-state index in [1.807, 2.05) is 31.7 Å². The molecule has 0 saturated carbocycles. The number of hydrogen-bond acceptors (Lipinski definition) is 5. The fourth-order valence-electron chi connectivity index (χ4n) is 4.25. The zero-order valence-corrected chi connectivity index (χ0v) is 17.8. The van der Waals surface area contributed by atoms with E-state index in [9.17, 15) is 13.6 Å². The van der Waals surface area contributed by atoms with E-state index in [4.69, 9.17) is 0 Å². The SMILES string of the molecule is CC(C)(C)c1cc2n(n1)[C@@H](C(F)F)C[C@@H](C1CCCN(C(=O)c3cscn3)C1)N2. The van der Waals surface area contributed by atoms with Crippen molar-refractivity contribution in [2.24, 2.45) is 5.92 Å². The molecule has 0 spiro atoms. The first-order valence-electron chi connectivity index (χ1n) is 10.1. The van der Waals surface area contributed by atoms with E-state index in [-0.39, 0.29) is 23.3 Å². The van der Waals surface area contributed by atoms with Crippen molar-refractivity contribution in [1.29, 1.82) is 0 Å². The summed E-state index contributed by atoms with van der Waals surface area (Å²) in [5.41, 5.74) is 2.70. The number of hydrogen-bond donors (Lipinski definition) is 1. The lowest BCUT2D eigenvalue weighted by Crippen LogP contribution is -2.48. The molecule has 4 rings (SSSR count). The smallest absolute Gasteiger partial charge is 0.273 e. The number of thiazole rings is 1. The normalized spacial score (nSPS) is 25.0. The first-order chi connectivity index (χ1) is 13.7. The van der Waals surface area contributed by atoms with Crippen LogP contribution in [0.2, 0.25) is 0 Å². The van der Waals surface area contributed by atoms with Crippen LogP contribution in [-0.2, 0) is 5.41 Å². The summed E-state index contributed by atoms with van der Waals surface area (Å²) in [6.07, 6.45) is -0.402. The van der Waals surface area contributed by atoms with Gasteiger partial charge in [-0.15, -0.1) is 11.3 Å². The van der Waals surface area contributed by atoms with Gasteiger partial charge in [-0.1, -0.05) is 20.8 Å². The van der Waals surface area contributed by atoms with Crippen molar-refractivity contribution in [3.63, 3.8) is 0 Å². The van der Waals surface area contributed by atoms with Gasteiger partial charge in [0, 0.05) is 36.0 Å². The third-order valence-corrected chi connectivity index (χ3v) is 6.49. The molecule has 2 aliphatic rings. The number of carbonyl (C=O) groups is 1. The van der Waals surface area contributed by atoms with E-state index in [1.165, 1.54) is 16.0 Å². The lowest BCUT2D eigenvalue weighted by atomic mass is 9.85. The van der Waals surface area contributed by atoms with Gasteiger partial charge >= 0.3 is 0 Å². The summed E-state index contributed by atoms with van der Waals surface area (Å²) < 4.78 is 29.2. The van der Waals surface area contributed by atoms with Gasteiger partial charge in [-0.25, -0.2) is 18.4 Å². The predicted octanol–water partition coefficient (Wildman–Crippen LogP) is 4.18. The number of nitrogens with zero attached hydrogens (tertiary/aromatic N) is 4. The molecule has 29 heavy (non-hydrogen) atoms. The summed E-state index contributed by atoms with van der Waals surface area (Å²) in [5.74, 6) is 0.700. The molecule has 0 bridgehead atoms. The van der Waals surface area contributed by atoms with E-state index in [0.717, 1.165) is 18.5 Å². The van der Waals surface area contributed by atoms with Crippen molar-refractivity contribution >= 4 is 23.1 Å². The summed E-state index contributed by atoms with van der Waals surface area (Å²) in [7, 11) is 0. The second-order valence-electron chi connectivity index (χ2n) is 9.02. The fraction of sp³-hybridized carbons (Fsp3) is 0.650. The number of carbonyl (C=O) groups excluding carboxylic acids is 1. The highest BCUT2D eigenvalue weighted by atomic mass is 32.1. The maximum atomic E-state index is 13.9. The highest BCUT2D eigenvalue weighted by Crippen LogP contribution is 2.38. The zero-order chi connectivity index (χ0) is 20.8. The van der Waals surface area contributed by atoms with Crippen LogP contribution in [0.5, 0.6) is 0 Å². The summed E-state index contributed by atoms with van der Waals surface area (Å²) in [6, 6.07) is 0.830. The van der Waals surface area contributed by atoms with Crippen molar-refractivity contribution in [3.8, 4) is 0 Å². The molecule has 2 aromatic heterocycles. The van der Waals surface area contributed by atoms with Crippen LogP contribution in [0.3, 0.4) is 0 Å². The third-order valence-electron chi connectivity index (χ3n) is 5.90. The number of fused-ring (bicyclic) bond motifs is 1. The Balaban J connectivity index is 1.54. The van der Waals surface area contributed by atoms with Gasteiger partial charge in [0.15, 0.2) is 0 Å². The number of aromatic nitrogens is 3. The first-order valence-corrected chi connectivity index (χ1v) is 11.0. The topological polar surface area (TPSA) is 63.1 Å². The molecule has 0 radical (unpaired) electrons. The third kappa shape index (κ3) is 4.01. The molecule has 158 valence electrons. The second-order valence-corrected chi connectivity index (χ2v) is 9.74. The number of alkyl halides is 2. The molecule has 1 fully saturated rings. The molecule has 2 aromatic rings. The number of halogens is 2. The zero-order valence-electron chi connectivity index (χ0n) is 16.9.